The Kier molecular flexibility index (Phi) is 4.09. The summed E-state index contributed by atoms with van der Waals surface area (Å²) in [6, 6.07) is 12.5. The van der Waals surface area contributed by atoms with Crippen molar-refractivity contribution in [3.05, 3.63) is 54.0 Å². The van der Waals surface area contributed by atoms with Crippen LogP contribution in [0.15, 0.2) is 46.9 Å². The number of hydrogen-bond donors (Lipinski definition) is 2. The maximum atomic E-state index is 11.8. The molecule has 6 heteroatoms. The molecule has 0 bridgehead atoms. The third-order valence-electron chi connectivity index (χ3n) is 3.26. The van der Waals surface area contributed by atoms with Crippen LogP contribution in [0.25, 0.3) is 0 Å². The number of nitrogens with one attached hydrogen (secondary N) is 2. The number of rotatable bonds is 5. The van der Waals surface area contributed by atoms with Gasteiger partial charge in [-0.25, -0.2) is 0 Å². The summed E-state index contributed by atoms with van der Waals surface area (Å²) in [5.41, 5.74) is 4.71. The molecule has 1 aromatic carbocycles. The first-order valence-electron chi connectivity index (χ1n) is 7.09. The van der Waals surface area contributed by atoms with E-state index in [1.165, 1.54) is 0 Å². The number of amides is 2. The van der Waals surface area contributed by atoms with Crippen LogP contribution in [0.1, 0.15) is 29.2 Å². The van der Waals surface area contributed by atoms with Gasteiger partial charge in [0.25, 0.3) is 0 Å². The molecule has 114 valence electrons. The van der Waals surface area contributed by atoms with Crippen LogP contribution in [-0.4, -0.2) is 11.8 Å². The number of carbonyl (C=O) groups excluding carboxylic acids is 2. The smallest absolute Gasteiger partial charge is 0.305 e. The van der Waals surface area contributed by atoms with Crippen LogP contribution >= 0.6 is 0 Å². The average Bonchev–Trinajstić information content (AvgIpc) is 3.30. The molecule has 0 unspecified atom stereocenters. The molecule has 3 rings (SSSR count). The molecule has 0 radical (unpaired) electrons. The fourth-order valence-corrected chi connectivity index (χ4v) is 1.88. The molecule has 2 N–H and O–H groups in total. The predicted octanol–water partition coefficient (Wildman–Crippen LogP) is 2.03. The number of benzene rings is 1. The van der Waals surface area contributed by atoms with Gasteiger partial charge in [0.1, 0.15) is 18.1 Å². The number of hydrogen-bond acceptors (Lipinski definition) is 4. The van der Waals surface area contributed by atoms with E-state index in [4.69, 9.17) is 9.15 Å². The molecule has 1 aliphatic carbocycles. The minimum Gasteiger partial charge on any atom is -0.486 e. The fraction of sp³-hybridized carbons (Fsp3) is 0.250. The van der Waals surface area contributed by atoms with E-state index < -0.39 is 5.91 Å². The van der Waals surface area contributed by atoms with Crippen molar-refractivity contribution in [2.75, 3.05) is 0 Å². The molecule has 1 fully saturated rings. The Bertz CT molecular complexity index is 662. The quantitative estimate of drug-likeness (QED) is 0.828. The second kappa shape index (κ2) is 6.34. The first-order chi connectivity index (χ1) is 10.7. The van der Waals surface area contributed by atoms with Gasteiger partial charge in [-0.05, 0) is 37.1 Å². The van der Waals surface area contributed by atoms with Crippen LogP contribution in [0.3, 0.4) is 0 Å². The third kappa shape index (κ3) is 3.66. The minimum absolute atomic E-state index is 0.0340. The maximum absolute atomic E-state index is 11.8. The monoisotopic (exact) mass is 300 g/mol. The van der Waals surface area contributed by atoms with Gasteiger partial charge < -0.3 is 9.15 Å². The van der Waals surface area contributed by atoms with Crippen molar-refractivity contribution in [3.63, 3.8) is 0 Å². The van der Waals surface area contributed by atoms with Crippen LogP contribution in [0, 0.1) is 5.92 Å². The summed E-state index contributed by atoms with van der Waals surface area (Å²) in [7, 11) is 0. The number of ether oxygens (including phenoxy) is 1. The SMILES string of the molecule is O=C(NNC(=O)C1CC1)c1ccc(COc2ccccc2)o1. The minimum atomic E-state index is -0.486. The first kappa shape index (κ1) is 14.2. The Hall–Kier alpha value is -2.76. The zero-order chi connectivity index (χ0) is 15.4. The summed E-state index contributed by atoms with van der Waals surface area (Å²) in [5.74, 6) is 0.770. The second-order valence-corrected chi connectivity index (χ2v) is 5.09. The lowest BCUT2D eigenvalue weighted by Crippen LogP contribution is -2.42. The van der Waals surface area contributed by atoms with Crippen LogP contribution in [0.4, 0.5) is 0 Å². The standard InChI is InChI=1S/C16H16N2O4/c19-15(11-6-7-11)17-18-16(20)14-9-8-13(22-14)10-21-12-4-2-1-3-5-12/h1-5,8-9,11H,6-7,10H2,(H,17,19)(H,18,20). The van der Waals surface area contributed by atoms with E-state index in [1.807, 2.05) is 30.3 Å². The van der Waals surface area contributed by atoms with Gasteiger partial charge in [-0.1, -0.05) is 18.2 Å². The molecular weight excluding hydrogens is 284 g/mol. The summed E-state index contributed by atoms with van der Waals surface area (Å²) in [6.45, 7) is 0.228. The van der Waals surface area contributed by atoms with Gasteiger partial charge in [0, 0.05) is 5.92 Å². The molecule has 1 saturated carbocycles. The Morgan fingerprint density at radius 2 is 1.86 bits per heavy atom. The topological polar surface area (TPSA) is 80.6 Å². The van der Waals surface area contributed by atoms with Gasteiger partial charge in [-0.15, -0.1) is 0 Å². The zero-order valence-corrected chi connectivity index (χ0v) is 11.9. The molecule has 1 aliphatic rings. The summed E-state index contributed by atoms with van der Waals surface area (Å²) >= 11 is 0. The molecule has 0 spiro atoms. The molecule has 1 aromatic heterocycles. The molecule has 6 nitrogen and oxygen atoms in total. The Morgan fingerprint density at radius 3 is 2.59 bits per heavy atom. The number of carbonyl (C=O) groups is 2. The summed E-state index contributed by atoms with van der Waals surface area (Å²) in [6.07, 6.45) is 1.76. The Labute approximate surface area is 127 Å². The van der Waals surface area contributed by atoms with Gasteiger partial charge in [0.05, 0.1) is 0 Å². The van der Waals surface area contributed by atoms with Crippen molar-refractivity contribution >= 4 is 11.8 Å². The van der Waals surface area contributed by atoms with Gasteiger partial charge in [-0.3, -0.25) is 20.4 Å². The molecule has 0 atom stereocenters. The van der Waals surface area contributed by atoms with Crippen molar-refractivity contribution < 1.29 is 18.7 Å². The normalized spacial score (nSPS) is 13.5. The van der Waals surface area contributed by atoms with Crippen LogP contribution < -0.4 is 15.6 Å². The van der Waals surface area contributed by atoms with Crippen LogP contribution in [0.5, 0.6) is 5.75 Å². The van der Waals surface area contributed by atoms with Crippen molar-refractivity contribution in [1.29, 1.82) is 0 Å². The summed E-state index contributed by atoms with van der Waals surface area (Å²) in [4.78, 5) is 23.2. The van der Waals surface area contributed by atoms with Crippen molar-refractivity contribution in [1.82, 2.24) is 10.9 Å². The maximum Gasteiger partial charge on any atom is 0.305 e. The van der Waals surface area contributed by atoms with E-state index in [0.29, 0.717) is 5.76 Å². The number of hydrazine groups is 1. The number of para-hydroxylation sites is 1. The summed E-state index contributed by atoms with van der Waals surface area (Å²) < 4.78 is 10.9. The molecule has 1 heterocycles. The molecule has 2 amide bonds. The Morgan fingerprint density at radius 1 is 1.09 bits per heavy atom. The second-order valence-electron chi connectivity index (χ2n) is 5.09. The highest BCUT2D eigenvalue weighted by molar-refractivity contribution is 5.93. The highest BCUT2D eigenvalue weighted by atomic mass is 16.5. The predicted molar refractivity (Wildman–Crippen MR) is 77.8 cm³/mol. The third-order valence-corrected chi connectivity index (χ3v) is 3.26. The summed E-state index contributed by atoms with van der Waals surface area (Å²) in [5, 5.41) is 0. The van der Waals surface area contributed by atoms with E-state index in [2.05, 4.69) is 10.9 Å². The molecule has 22 heavy (non-hydrogen) atoms. The van der Waals surface area contributed by atoms with Crippen molar-refractivity contribution in [2.24, 2.45) is 5.92 Å². The molecule has 0 aliphatic heterocycles. The van der Waals surface area contributed by atoms with Gasteiger partial charge >= 0.3 is 5.91 Å². The Balaban J connectivity index is 1.49. The average molecular weight is 300 g/mol. The largest absolute Gasteiger partial charge is 0.486 e. The van der Waals surface area contributed by atoms with Gasteiger partial charge in [0.2, 0.25) is 5.91 Å². The first-order valence-corrected chi connectivity index (χ1v) is 7.09. The van der Waals surface area contributed by atoms with E-state index >= 15 is 0 Å². The van der Waals surface area contributed by atoms with E-state index in [0.717, 1.165) is 18.6 Å². The molecule has 2 aromatic rings. The van der Waals surface area contributed by atoms with Crippen molar-refractivity contribution in [3.8, 4) is 5.75 Å². The molecular formula is C16H16N2O4. The van der Waals surface area contributed by atoms with E-state index in [9.17, 15) is 9.59 Å². The van der Waals surface area contributed by atoms with E-state index in [1.54, 1.807) is 12.1 Å². The van der Waals surface area contributed by atoms with Gasteiger partial charge in [0.15, 0.2) is 5.76 Å². The lowest BCUT2D eigenvalue weighted by atomic mass is 10.3. The molecule has 0 saturated heterocycles. The highest BCUT2D eigenvalue weighted by Crippen LogP contribution is 2.28. The lowest BCUT2D eigenvalue weighted by molar-refractivity contribution is -0.123. The fourth-order valence-electron chi connectivity index (χ4n) is 1.88. The highest BCUT2D eigenvalue weighted by Gasteiger charge is 2.29. The number of furan rings is 1. The van der Waals surface area contributed by atoms with Crippen LogP contribution in [-0.2, 0) is 11.4 Å². The van der Waals surface area contributed by atoms with Crippen molar-refractivity contribution in [2.45, 2.75) is 19.4 Å². The van der Waals surface area contributed by atoms with E-state index in [-0.39, 0.29) is 24.2 Å². The van der Waals surface area contributed by atoms with Gasteiger partial charge in [-0.2, -0.15) is 0 Å². The lowest BCUT2D eigenvalue weighted by Gasteiger charge is -2.05. The zero-order valence-electron chi connectivity index (χ0n) is 11.9. The van der Waals surface area contributed by atoms with Crippen LogP contribution in [0.2, 0.25) is 0 Å².